The van der Waals surface area contributed by atoms with Crippen LogP contribution in [0.1, 0.15) is 40.4 Å². The Balaban J connectivity index is 1.57. The number of oxime groups is 1. The van der Waals surface area contributed by atoms with Gasteiger partial charge in [0.25, 0.3) is 0 Å². The van der Waals surface area contributed by atoms with E-state index in [1.807, 2.05) is 55.9 Å². The average Bonchev–Trinajstić information content (AvgIpc) is 2.93. The third-order valence-electron chi connectivity index (χ3n) is 5.50. The predicted molar refractivity (Wildman–Crippen MR) is 125 cm³/mol. The zero-order chi connectivity index (χ0) is 20.8. The number of halogens is 3. The summed E-state index contributed by atoms with van der Waals surface area (Å²) in [6.07, 6.45) is 0.631. The van der Waals surface area contributed by atoms with Crippen molar-refractivity contribution in [3.63, 3.8) is 0 Å². The summed E-state index contributed by atoms with van der Waals surface area (Å²) in [5, 5.41) is 5.46. The quantitative estimate of drug-likeness (QED) is 0.332. The smallest absolute Gasteiger partial charge is 0.178 e. The Hall–Kier alpha value is -1.01. The summed E-state index contributed by atoms with van der Waals surface area (Å²) in [5.41, 5.74) is 3.56. The maximum atomic E-state index is 12.6. The largest absolute Gasteiger partial charge is 0.383 e. The van der Waals surface area contributed by atoms with Gasteiger partial charge in [-0.25, -0.2) is 0 Å². The highest BCUT2D eigenvalue weighted by Gasteiger charge is 2.46. The molecule has 3 nitrogen and oxygen atoms in total. The second kappa shape index (κ2) is 8.26. The Labute approximate surface area is 193 Å². The predicted octanol–water partition coefficient (Wildman–Crippen LogP) is 6.65. The lowest BCUT2D eigenvalue weighted by Crippen LogP contribution is -2.34. The van der Waals surface area contributed by atoms with Crippen molar-refractivity contribution >= 4 is 62.4 Å². The maximum absolute atomic E-state index is 12.6. The highest BCUT2D eigenvalue weighted by atomic mass is 79.9. The first kappa shape index (κ1) is 21.2. The lowest BCUT2D eigenvalue weighted by molar-refractivity contribution is -0.00304. The van der Waals surface area contributed by atoms with Crippen LogP contribution in [0.4, 0.5) is 0 Å². The summed E-state index contributed by atoms with van der Waals surface area (Å²) in [4.78, 5) is 18.3. The third kappa shape index (κ3) is 4.12. The van der Waals surface area contributed by atoms with Gasteiger partial charge in [-0.15, -0.1) is 0 Å². The van der Waals surface area contributed by atoms with E-state index in [4.69, 9.17) is 28.0 Å². The second-order valence-electron chi connectivity index (χ2n) is 7.76. The van der Waals surface area contributed by atoms with Crippen LogP contribution in [-0.2, 0) is 10.4 Å². The minimum absolute atomic E-state index is 0.197. The number of benzene rings is 2. The van der Waals surface area contributed by atoms with Crippen molar-refractivity contribution in [3.8, 4) is 0 Å². The van der Waals surface area contributed by atoms with Gasteiger partial charge in [0.2, 0.25) is 0 Å². The molecule has 4 rings (SSSR count). The van der Waals surface area contributed by atoms with E-state index in [0.29, 0.717) is 22.4 Å². The number of nitrogens with zero attached hydrogens (tertiary/aromatic N) is 1. The van der Waals surface area contributed by atoms with Crippen LogP contribution in [0.15, 0.2) is 41.6 Å². The molecule has 1 fully saturated rings. The highest BCUT2D eigenvalue weighted by molar-refractivity contribution is 9.10. The van der Waals surface area contributed by atoms with Crippen LogP contribution in [0, 0.1) is 12.8 Å². The number of hydrogen-bond donors (Lipinski definition) is 0. The van der Waals surface area contributed by atoms with Crippen molar-refractivity contribution in [3.05, 3.63) is 68.7 Å². The fourth-order valence-corrected chi connectivity index (χ4v) is 5.67. The van der Waals surface area contributed by atoms with E-state index in [1.165, 1.54) is 0 Å². The van der Waals surface area contributed by atoms with Gasteiger partial charge in [0.05, 0.1) is 0 Å². The number of hydrogen-bond acceptors (Lipinski definition) is 4. The van der Waals surface area contributed by atoms with Crippen molar-refractivity contribution in [2.45, 2.75) is 30.7 Å². The molecular formula is C22H20BrCl2NO2S. The SMILES string of the molecule is Cc1cc(C2=NOC(C)(c3cc(Cl)cc(Cl)c3)C2Br)ccc1C(=O)CC1CSC1. The normalized spacial score (nSPS) is 24.0. The van der Waals surface area contributed by atoms with Gasteiger partial charge in [-0.05, 0) is 61.1 Å². The third-order valence-corrected chi connectivity index (χ3v) is 8.65. The van der Waals surface area contributed by atoms with Gasteiger partial charge < -0.3 is 4.84 Å². The van der Waals surface area contributed by atoms with Crippen LogP contribution in [0.2, 0.25) is 10.0 Å². The van der Waals surface area contributed by atoms with E-state index in [9.17, 15) is 4.79 Å². The Morgan fingerprint density at radius 3 is 2.52 bits per heavy atom. The number of alkyl halides is 1. The molecule has 152 valence electrons. The molecule has 2 heterocycles. The first-order chi connectivity index (χ1) is 13.8. The molecule has 2 aliphatic heterocycles. The van der Waals surface area contributed by atoms with Crippen molar-refractivity contribution in [2.75, 3.05) is 11.5 Å². The lowest BCUT2D eigenvalue weighted by Gasteiger charge is -2.27. The molecule has 2 aliphatic rings. The summed E-state index contributed by atoms with van der Waals surface area (Å²) in [5.74, 6) is 2.93. The van der Waals surface area contributed by atoms with E-state index < -0.39 is 5.60 Å². The minimum atomic E-state index is -0.742. The number of Topliss-reactive ketones (excluding diaryl/α,β-unsaturated/α-hetero) is 1. The molecule has 0 bridgehead atoms. The molecule has 2 aromatic carbocycles. The van der Waals surface area contributed by atoms with Crippen LogP contribution < -0.4 is 0 Å². The molecule has 0 amide bonds. The number of ketones is 1. The van der Waals surface area contributed by atoms with Gasteiger partial charge in [-0.1, -0.05) is 56.4 Å². The highest BCUT2D eigenvalue weighted by Crippen LogP contribution is 2.42. The van der Waals surface area contributed by atoms with Gasteiger partial charge in [0.15, 0.2) is 11.4 Å². The molecule has 7 heteroatoms. The molecule has 2 unspecified atom stereocenters. The average molecular weight is 513 g/mol. The molecule has 29 heavy (non-hydrogen) atoms. The Morgan fingerprint density at radius 2 is 1.93 bits per heavy atom. The van der Waals surface area contributed by atoms with Gasteiger partial charge in [0, 0.05) is 33.2 Å². The molecular weight excluding hydrogens is 493 g/mol. The molecule has 0 aliphatic carbocycles. The monoisotopic (exact) mass is 511 g/mol. The first-order valence-electron chi connectivity index (χ1n) is 9.36. The van der Waals surface area contributed by atoms with E-state index in [1.54, 1.807) is 6.07 Å². The van der Waals surface area contributed by atoms with E-state index in [-0.39, 0.29) is 10.6 Å². The zero-order valence-corrected chi connectivity index (χ0v) is 20.0. The molecule has 0 saturated carbocycles. The Morgan fingerprint density at radius 1 is 1.24 bits per heavy atom. The number of carbonyl (C=O) groups excluding carboxylic acids is 1. The minimum Gasteiger partial charge on any atom is -0.383 e. The topological polar surface area (TPSA) is 38.7 Å². The summed E-state index contributed by atoms with van der Waals surface area (Å²) < 4.78 is 0. The molecule has 0 spiro atoms. The molecule has 0 N–H and O–H groups in total. The van der Waals surface area contributed by atoms with Gasteiger partial charge in [-0.2, -0.15) is 11.8 Å². The summed E-state index contributed by atoms with van der Waals surface area (Å²) in [6.45, 7) is 3.92. The van der Waals surface area contributed by atoms with E-state index in [2.05, 4.69) is 21.1 Å². The molecule has 2 aromatic rings. The molecule has 2 atom stereocenters. The Bertz CT molecular complexity index is 988. The number of rotatable bonds is 5. The van der Waals surface area contributed by atoms with Crippen LogP contribution in [0.5, 0.6) is 0 Å². The van der Waals surface area contributed by atoms with Crippen molar-refractivity contribution in [1.29, 1.82) is 0 Å². The summed E-state index contributed by atoms with van der Waals surface area (Å²) in [6, 6.07) is 11.2. The summed E-state index contributed by atoms with van der Waals surface area (Å²) in [7, 11) is 0. The van der Waals surface area contributed by atoms with Crippen LogP contribution in [0.3, 0.4) is 0 Å². The molecule has 0 aromatic heterocycles. The second-order valence-corrected chi connectivity index (χ2v) is 10.6. The number of carbonyl (C=O) groups is 1. The maximum Gasteiger partial charge on any atom is 0.178 e. The number of aryl methyl sites for hydroxylation is 1. The van der Waals surface area contributed by atoms with Gasteiger partial charge in [0.1, 0.15) is 10.5 Å². The van der Waals surface area contributed by atoms with Crippen molar-refractivity contribution < 1.29 is 9.63 Å². The van der Waals surface area contributed by atoms with Crippen LogP contribution in [-0.4, -0.2) is 27.8 Å². The Kier molecular flexibility index (Phi) is 6.04. The van der Waals surface area contributed by atoms with Gasteiger partial charge >= 0.3 is 0 Å². The zero-order valence-electron chi connectivity index (χ0n) is 16.0. The van der Waals surface area contributed by atoms with E-state index in [0.717, 1.165) is 39.5 Å². The molecule has 0 radical (unpaired) electrons. The van der Waals surface area contributed by atoms with Crippen molar-refractivity contribution in [2.24, 2.45) is 11.1 Å². The molecule has 1 saturated heterocycles. The fourth-order valence-electron chi connectivity index (χ4n) is 3.65. The standard InChI is InChI=1S/C22H20BrCl2NO2S/c1-12-5-14(3-4-18(12)19(27)6-13-10-29-11-13)20-21(23)22(2,28-26-20)15-7-16(24)9-17(25)8-15/h3-5,7-9,13,21H,6,10-11H2,1-2H3. The van der Waals surface area contributed by atoms with Crippen LogP contribution >= 0.6 is 50.9 Å². The van der Waals surface area contributed by atoms with Crippen LogP contribution in [0.25, 0.3) is 0 Å². The van der Waals surface area contributed by atoms with Crippen molar-refractivity contribution in [1.82, 2.24) is 0 Å². The first-order valence-corrected chi connectivity index (χ1v) is 12.2. The van der Waals surface area contributed by atoms with E-state index >= 15 is 0 Å². The van der Waals surface area contributed by atoms with Gasteiger partial charge in [-0.3, -0.25) is 4.79 Å². The number of thioether (sulfide) groups is 1. The fraction of sp³-hybridized carbons (Fsp3) is 0.364. The lowest BCUT2D eigenvalue weighted by atomic mass is 9.88. The summed E-state index contributed by atoms with van der Waals surface area (Å²) >= 11 is 18.0.